The van der Waals surface area contributed by atoms with Gasteiger partial charge in [0.25, 0.3) is 5.91 Å². The number of hydrogen-bond acceptors (Lipinski definition) is 5. The van der Waals surface area contributed by atoms with Crippen molar-refractivity contribution in [1.29, 1.82) is 0 Å². The molecule has 0 fully saturated rings. The number of carbonyl (C=O) groups excluding carboxylic acids is 1. The standard InChI is InChI=1S/C26H23N3O3/c30-20-10-6-18(7-11-20)15-23-26(32)29-16-24(19-8-12-21(31)13-9-19)27-22(25(29)28-23)14-17-4-2-1-3-5-17/h1-13,23-24,30-31H,14-16H2. The van der Waals surface area contributed by atoms with Crippen molar-refractivity contribution in [2.45, 2.75) is 24.9 Å². The second-order valence-corrected chi connectivity index (χ2v) is 8.13. The molecule has 2 N–H and O–H groups in total. The van der Waals surface area contributed by atoms with E-state index >= 15 is 0 Å². The van der Waals surface area contributed by atoms with Gasteiger partial charge in [-0.15, -0.1) is 0 Å². The Kier molecular flexibility index (Phi) is 5.19. The van der Waals surface area contributed by atoms with E-state index in [1.54, 1.807) is 29.2 Å². The Labute approximate surface area is 186 Å². The minimum Gasteiger partial charge on any atom is -0.508 e. The first kappa shape index (κ1) is 20.0. The Bertz CT molecular complexity index is 1190. The monoisotopic (exact) mass is 425 g/mol. The van der Waals surface area contributed by atoms with E-state index in [2.05, 4.69) is 0 Å². The Hall–Kier alpha value is -3.93. The molecule has 6 nitrogen and oxygen atoms in total. The molecule has 2 atom stereocenters. The lowest BCUT2D eigenvalue weighted by molar-refractivity contribution is -0.127. The molecule has 2 aliphatic heterocycles. The summed E-state index contributed by atoms with van der Waals surface area (Å²) in [6.07, 6.45) is 1.06. The third kappa shape index (κ3) is 3.99. The molecule has 0 aromatic heterocycles. The number of phenolic OH excluding ortho intramolecular Hbond substituents is 2. The lowest BCUT2D eigenvalue weighted by Gasteiger charge is -2.29. The summed E-state index contributed by atoms with van der Waals surface area (Å²) in [6, 6.07) is 23.2. The van der Waals surface area contributed by atoms with Gasteiger partial charge in [0.15, 0.2) is 5.84 Å². The Morgan fingerprint density at radius 1 is 0.812 bits per heavy atom. The number of hydrogen-bond donors (Lipinski definition) is 2. The SMILES string of the molecule is O=C1C(Cc2ccc(O)cc2)N=C2C(Cc3ccccc3)=NC(c3ccc(O)cc3)CN12. The number of benzene rings is 3. The molecule has 2 unspecified atom stereocenters. The summed E-state index contributed by atoms with van der Waals surface area (Å²) in [4.78, 5) is 24.8. The minimum absolute atomic E-state index is 0.0303. The van der Waals surface area contributed by atoms with E-state index in [0.717, 1.165) is 22.4 Å². The van der Waals surface area contributed by atoms with Gasteiger partial charge in [-0.05, 0) is 41.0 Å². The number of amidine groups is 1. The van der Waals surface area contributed by atoms with Crippen LogP contribution in [0.15, 0.2) is 88.8 Å². The van der Waals surface area contributed by atoms with Crippen LogP contribution in [0, 0.1) is 0 Å². The molecule has 3 aromatic carbocycles. The second-order valence-electron chi connectivity index (χ2n) is 8.13. The lowest BCUT2D eigenvalue weighted by Crippen LogP contribution is -2.45. The first-order valence-corrected chi connectivity index (χ1v) is 10.6. The van der Waals surface area contributed by atoms with Gasteiger partial charge in [-0.2, -0.15) is 0 Å². The quantitative estimate of drug-likeness (QED) is 0.654. The number of aliphatic imine (C=N–C) groups is 2. The van der Waals surface area contributed by atoms with Crippen molar-refractivity contribution in [3.63, 3.8) is 0 Å². The normalized spacial score (nSPS) is 20.0. The Morgan fingerprint density at radius 2 is 1.47 bits per heavy atom. The summed E-state index contributed by atoms with van der Waals surface area (Å²) < 4.78 is 0. The summed E-state index contributed by atoms with van der Waals surface area (Å²) >= 11 is 0. The molecule has 160 valence electrons. The van der Waals surface area contributed by atoms with Crippen LogP contribution in [0.1, 0.15) is 22.7 Å². The van der Waals surface area contributed by atoms with Crippen LogP contribution in [0.2, 0.25) is 0 Å². The first-order valence-electron chi connectivity index (χ1n) is 10.6. The topological polar surface area (TPSA) is 85.5 Å². The van der Waals surface area contributed by atoms with Crippen LogP contribution in [-0.4, -0.2) is 45.2 Å². The van der Waals surface area contributed by atoms with E-state index in [9.17, 15) is 15.0 Å². The van der Waals surface area contributed by atoms with Gasteiger partial charge in [-0.1, -0.05) is 54.6 Å². The largest absolute Gasteiger partial charge is 0.508 e. The van der Waals surface area contributed by atoms with E-state index in [4.69, 9.17) is 9.98 Å². The van der Waals surface area contributed by atoms with Gasteiger partial charge in [0.1, 0.15) is 17.5 Å². The molecule has 0 spiro atoms. The van der Waals surface area contributed by atoms with Crippen molar-refractivity contribution in [2.24, 2.45) is 9.98 Å². The zero-order valence-electron chi connectivity index (χ0n) is 17.4. The number of amides is 1. The van der Waals surface area contributed by atoms with Gasteiger partial charge in [0.05, 0.1) is 18.3 Å². The molecule has 0 radical (unpaired) electrons. The second kappa shape index (κ2) is 8.30. The number of nitrogens with zero attached hydrogens (tertiary/aromatic N) is 3. The van der Waals surface area contributed by atoms with Gasteiger partial charge in [-0.25, -0.2) is 0 Å². The molecule has 0 aliphatic carbocycles. The van der Waals surface area contributed by atoms with Crippen molar-refractivity contribution >= 4 is 17.5 Å². The molecule has 2 aliphatic rings. The Balaban J connectivity index is 1.47. The number of aromatic hydroxyl groups is 2. The highest BCUT2D eigenvalue weighted by Gasteiger charge is 2.40. The van der Waals surface area contributed by atoms with Crippen molar-refractivity contribution < 1.29 is 15.0 Å². The third-order valence-corrected chi connectivity index (χ3v) is 5.87. The average Bonchev–Trinajstić information content (AvgIpc) is 3.12. The van der Waals surface area contributed by atoms with Crippen LogP contribution in [0.3, 0.4) is 0 Å². The van der Waals surface area contributed by atoms with Crippen LogP contribution in [0.25, 0.3) is 0 Å². The molecule has 0 bridgehead atoms. The number of fused-ring (bicyclic) bond motifs is 1. The fourth-order valence-corrected chi connectivity index (χ4v) is 4.20. The molecular weight excluding hydrogens is 402 g/mol. The van der Waals surface area contributed by atoms with Gasteiger partial charge in [0.2, 0.25) is 0 Å². The van der Waals surface area contributed by atoms with Crippen molar-refractivity contribution in [1.82, 2.24) is 4.90 Å². The van der Waals surface area contributed by atoms with Crippen LogP contribution in [-0.2, 0) is 17.6 Å². The van der Waals surface area contributed by atoms with Gasteiger partial charge in [0, 0.05) is 12.8 Å². The van der Waals surface area contributed by atoms with E-state index < -0.39 is 6.04 Å². The summed E-state index contributed by atoms with van der Waals surface area (Å²) in [5, 5.41) is 19.2. The van der Waals surface area contributed by atoms with E-state index in [1.807, 2.05) is 54.6 Å². The van der Waals surface area contributed by atoms with Crippen LogP contribution >= 0.6 is 0 Å². The average molecular weight is 425 g/mol. The lowest BCUT2D eigenvalue weighted by atomic mass is 10.0. The molecular formula is C26H23N3O3. The van der Waals surface area contributed by atoms with Crippen LogP contribution in [0.5, 0.6) is 11.5 Å². The molecule has 0 saturated heterocycles. The predicted molar refractivity (Wildman–Crippen MR) is 123 cm³/mol. The van der Waals surface area contributed by atoms with Gasteiger partial charge < -0.3 is 10.2 Å². The molecule has 0 saturated carbocycles. The highest BCUT2D eigenvalue weighted by Crippen LogP contribution is 2.30. The maximum atomic E-state index is 13.3. The number of phenols is 2. The predicted octanol–water partition coefficient (Wildman–Crippen LogP) is 3.69. The fourth-order valence-electron chi connectivity index (χ4n) is 4.20. The maximum Gasteiger partial charge on any atom is 0.253 e. The number of carbonyl (C=O) groups is 1. The number of rotatable bonds is 5. The first-order chi connectivity index (χ1) is 15.6. The molecule has 3 aromatic rings. The van der Waals surface area contributed by atoms with E-state index in [-0.39, 0.29) is 23.4 Å². The summed E-state index contributed by atoms with van der Waals surface area (Å²) in [5.74, 6) is 1.02. The highest BCUT2D eigenvalue weighted by molar-refractivity contribution is 6.46. The molecule has 1 amide bonds. The zero-order chi connectivity index (χ0) is 22.1. The van der Waals surface area contributed by atoms with Crippen molar-refractivity contribution in [3.05, 3.63) is 95.6 Å². The fraction of sp³-hybridized carbons (Fsp3) is 0.192. The van der Waals surface area contributed by atoms with Gasteiger partial charge in [-0.3, -0.25) is 19.7 Å². The molecule has 6 heteroatoms. The highest BCUT2D eigenvalue weighted by atomic mass is 16.3. The summed E-state index contributed by atoms with van der Waals surface area (Å²) in [7, 11) is 0. The van der Waals surface area contributed by atoms with Crippen LogP contribution < -0.4 is 0 Å². The van der Waals surface area contributed by atoms with Crippen molar-refractivity contribution in [3.8, 4) is 11.5 Å². The molecule has 2 heterocycles. The smallest absolute Gasteiger partial charge is 0.253 e. The van der Waals surface area contributed by atoms with E-state index in [0.29, 0.717) is 25.2 Å². The minimum atomic E-state index is -0.505. The summed E-state index contributed by atoms with van der Waals surface area (Å²) in [6.45, 7) is 0.423. The maximum absolute atomic E-state index is 13.3. The van der Waals surface area contributed by atoms with Crippen LogP contribution in [0.4, 0.5) is 0 Å². The van der Waals surface area contributed by atoms with E-state index in [1.165, 1.54) is 0 Å². The molecule has 5 rings (SSSR count). The summed E-state index contributed by atoms with van der Waals surface area (Å²) in [5.41, 5.74) is 3.79. The van der Waals surface area contributed by atoms with Gasteiger partial charge >= 0.3 is 0 Å². The zero-order valence-corrected chi connectivity index (χ0v) is 17.4. The molecule has 32 heavy (non-hydrogen) atoms. The Morgan fingerprint density at radius 3 is 2.16 bits per heavy atom. The third-order valence-electron chi connectivity index (χ3n) is 5.87. The van der Waals surface area contributed by atoms with Crippen molar-refractivity contribution in [2.75, 3.05) is 6.54 Å².